The van der Waals surface area contributed by atoms with Gasteiger partial charge in [-0.25, -0.2) is 4.79 Å². The van der Waals surface area contributed by atoms with Crippen LogP contribution in [-0.2, 0) is 25.5 Å². The van der Waals surface area contributed by atoms with Crippen molar-refractivity contribution >= 4 is 51.0 Å². The van der Waals surface area contributed by atoms with Crippen molar-refractivity contribution in [3.05, 3.63) is 94.0 Å². The number of aryl methyl sites for hydroxylation is 1. The number of nitrogens with zero attached hydrogens (tertiary/aromatic N) is 1. The fraction of sp³-hybridized carbons (Fsp3) is 0.312. The van der Waals surface area contributed by atoms with E-state index in [-0.39, 0.29) is 41.0 Å². The number of nitrogens with one attached hydrogen (secondary N) is 1. The van der Waals surface area contributed by atoms with Gasteiger partial charge >= 0.3 is 5.97 Å². The molecule has 8 heteroatoms. The van der Waals surface area contributed by atoms with Crippen molar-refractivity contribution in [2.24, 2.45) is 23.7 Å². The van der Waals surface area contributed by atoms with Crippen LogP contribution < -0.4 is 10.2 Å². The second kappa shape index (κ2) is 10.7. The van der Waals surface area contributed by atoms with Crippen LogP contribution in [0.25, 0.3) is 0 Å². The van der Waals surface area contributed by atoms with Gasteiger partial charge in [0.05, 0.1) is 23.1 Å². The van der Waals surface area contributed by atoms with Crippen molar-refractivity contribution in [3.63, 3.8) is 0 Å². The summed E-state index contributed by atoms with van der Waals surface area (Å²) < 4.78 is 6.13. The van der Waals surface area contributed by atoms with Crippen molar-refractivity contribution in [2.75, 3.05) is 16.8 Å². The lowest BCUT2D eigenvalue weighted by Crippen LogP contribution is -2.33. The molecule has 40 heavy (non-hydrogen) atoms. The van der Waals surface area contributed by atoms with Gasteiger partial charge in [-0.05, 0) is 90.6 Å². The number of anilines is 2. The first-order valence-electron chi connectivity index (χ1n) is 13.6. The zero-order chi connectivity index (χ0) is 28.0. The van der Waals surface area contributed by atoms with E-state index in [0.29, 0.717) is 17.3 Å². The number of halogens is 1. The molecule has 3 fully saturated rings. The van der Waals surface area contributed by atoms with Crippen LogP contribution in [-0.4, -0.2) is 30.3 Å². The predicted molar refractivity (Wildman–Crippen MR) is 154 cm³/mol. The summed E-state index contributed by atoms with van der Waals surface area (Å²) in [4.78, 5) is 53.2. The molecule has 6 rings (SSSR count). The summed E-state index contributed by atoms with van der Waals surface area (Å²) in [7, 11) is 0. The van der Waals surface area contributed by atoms with Gasteiger partial charge in [0.15, 0.2) is 6.61 Å². The van der Waals surface area contributed by atoms with E-state index < -0.39 is 18.5 Å². The van der Waals surface area contributed by atoms with Crippen LogP contribution in [0.1, 0.15) is 47.2 Å². The van der Waals surface area contributed by atoms with Gasteiger partial charge in [0, 0.05) is 10.2 Å². The third-order valence-electron chi connectivity index (χ3n) is 8.66. The summed E-state index contributed by atoms with van der Waals surface area (Å²) in [5.41, 5.74) is 3.56. The van der Waals surface area contributed by atoms with Crippen LogP contribution in [0.2, 0.25) is 0 Å². The number of esters is 1. The Morgan fingerprint density at radius 3 is 2.40 bits per heavy atom. The molecule has 5 atom stereocenters. The average Bonchev–Trinajstić information content (AvgIpc) is 3.64. The Hall–Kier alpha value is -3.78. The van der Waals surface area contributed by atoms with Gasteiger partial charge in [-0.3, -0.25) is 19.3 Å². The van der Waals surface area contributed by atoms with Crippen LogP contribution in [0, 0.1) is 23.7 Å². The summed E-state index contributed by atoms with van der Waals surface area (Å²) in [5, 5.41) is 2.78. The minimum atomic E-state index is -0.659. The smallest absolute Gasteiger partial charge is 0.338 e. The van der Waals surface area contributed by atoms with Crippen molar-refractivity contribution < 1.29 is 23.9 Å². The van der Waals surface area contributed by atoms with Crippen LogP contribution in [0.5, 0.6) is 0 Å². The highest BCUT2D eigenvalue weighted by atomic mass is 79.9. The van der Waals surface area contributed by atoms with Gasteiger partial charge in [0.2, 0.25) is 11.8 Å². The number of imide groups is 1. The minimum absolute atomic E-state index is 0.139. The van der Waals surface area contributed by atoms with Gasteiger partial charge in [-0.15, -0.1) is 0 Å². The fourth-order valence-electron chi connectivity index (χ4n) is 6.92. The third kappa shape index (κ3) is 4.64. The maximum atomic E-state index is 13.5. The van der Waals surface area contributed by atoms with E-state index in [1.165, 1.54) is 22.6 Å². The number of amides is 3. The van der Waals surface area contributed by atoms with Crippen LogP contribution >= 0.6 is 15.9 Å². The van der Waals surface area contributed by atoms with Crippen molar-refractivity contribution in [2.45, 2.75) is 32.1 Å². The van der Waals surface area contributed by atoms with Gasteiger partial charge in [0.1, 0.15) is 0 Å². The molecule has 3 aromatic rings. The van der Waals surface area contributed by atoms with Crippen molar-refractivity contribution in [1.82, 2.24) is 0 Å². The molecule has 1 N–H and O–H groups in total. The molecule has 2 aliphatic carbocycles. The Bertz CT molecular complexity index is 1490. The first-order chi connectivity index (χ1) is 19.4. The van der Waals surface area contributed by atoms with Crippen LogP contribution in [0.3, 0.4) is 0 Å². The molecule has 1 aliphatic heterocycles. The quantitative estimate of drug-likeness (QED) is 0.276. The highest BCUT2D eigenvalue weighted by Crippen LogP contribution is 2.61. The van der Waals surface area contributed by atoms with Crippen LogP contribution in [0.15, 0.2) is 77.3 Å². The molecule has 0 unspecified atom stereocenters. The van der Waals surface area contributed by atoms with Gasteiger partial charge in [0.25, 0.3) is 5.91 Å². The monoisotopic (exact) mass is 600 g/mol. The van der Waals surface area contributed by atoms with Crippen LogP contribution in [0.4, 0.5) is 11.4 Å². The summed E-state index contributed by atoms with van der Waals surface area (Å²) in [6.07, 6.45) is 2.59. The van der Waals surface area contributed by atoms with Gasteiger partial charge in [-0.2, -0.15) is 0 Å². The molecular weight excluding hydrogens is 572 g/mol. The number of hydrogen-bond donors (Lipinski definition) is 1. The maximum absolute atomic E-state index is 13.5. The van der Waals surface area contributed by atoms with E-state index in [4.69, 9.17) is 4.74 Å². The summed E-state index contributed by atoms with van der Waals surface area (Å²) >= 11 is 3.42. The van der Waals surface area contributed by atoms with E-state index in [0.717, 1.165) is 29.3 Å². The van der Waals surface area contributed by atoms with Gasteiger partial charge in [-0.1, -0.05) is 53.2 Å². The second-order valence-corrected chi connectivity index (χ2v) is 11.7. The molecular formula is C32H29BrN2O5. The highest BCUT2D eigenvalue weighted by molar-refractivity contribution is 9.10. The standard InChI is InChI=1S/C32H29BrN2O5/c1-2-18-14-22(33)10-13-26(18)34-27(36)17-40-32(39)20-8-11-23(12-9-20)35-30(37)28-21-15-24(19-6-4-3-5-7-19)25(16-21)29(28)31(35)38/h3-14,21,24-25,28-29H,2,15-17H2,1H3,(H,34,36)/t21-,24-,25+,28+,29-/m0/s1. The molecule has 204 valence electrons. The average molecular weight is 601 g/mol. The fourth-order valence-corrected chi connectivity index (χ4v) is 7.33. The maximum Gasteiger partial charge on any atom is 0.338 e. The molecule has 2 bridgehead atoms. The SMILES string of the molecule is CCc1cc(Br)ccc1NC(=O)COC(=O)c1ccc(N2C(=O)[C@@H]3[C@@H]4C[C@@H]([C@@H]3C2=O)[C@H](c2ccccc2)C4)cc1. The molecule has 1 heterocycles. The zero-order valence-corrected chi connectivity index (χ0v) is 23.6. The molecule has 3 aliphatic rings. The lowest BCUT2D eigenvalue weighted by molar-refractivity contribution is -0.123. The van der Waals surface area contributed by atoms with E-state index >= 15 is 0 Å². The van der Waals surface area contributed by atoms with E-state index in [1.54, 1.807) is 18.2 Å². The predicted octanol–water partition coefficient (Wildman–Crippen LogP) is 5.74. The Balaban J connectivity index is 1.09. The molecule has 0 aromatic heterocycles. The molecule has 0 radical (unpaired) electrons. The zero-order valence-electron chi connectivity index (χ0n) is 22.0. The second-order valence-electron chi connectivity index (χ2n) is 10.8. The van der Waals surface area contributed by atoms with E-state index in [1.807, 2.05) is 37.3 Å². The third-order valence-corrected chi connectivity index (χ3v) is 9.15. The Labute approximate surface area is 241 Å². The Kier molecular flexibility index (Phi) is 7.04. The number of hydrogen-bond acceptors (Lipinski definition) is 5. The molecule has 3 aromatic carbocycles. The van der Waals surface area contributed by atoms with Crippen molar-refractivity contribution in [1.29, 1.82) is 0 Å². The number of ether oxygens (including phenoxy) is 1. The number of rotatable bonds is 7. The molecule has 3 amide bonds. The van der Waals surface area contributed by atoms with E-state index in [2.05, 4.69) is 33.4 Å². The highest BCUT2D eigenvalue weighted by Gasteiger charge is 2.64. The number of benzene rings is 3. The number of fused-ring (bicyclic) bond motifs is 5. The van der Waals surface area contributed by atoms with E-state index in [9.17, 15) is 19.2 Å². The molecule has 7 nitrogen and oxygen atoms in total. The Morgan fingerprint density at radius 1 is 0.950 bits per heavy atom. The molecule has 2 saturated carbocycles. The first kappa shape index (κ1) is 26.4. The lowest BCUT2D eigenvalue weighted by atomic mass is 9.73. The van der Waals surface area contributed by atoms with Gasteiger partial charge < -0.3 is 10.1 Å². The number of carbonyl (C=O) groups excluding carboxylic acids is 4. The summed E-state index contributed by atoms with van der Waals surface area (Å²) in [6.45, 7) is 1.56. The summed E-state index contributed by atoms with van der Waals surface area (Å²) in [5.74, 6) is -1.25. The largest absolute Gasteiger partial charge is 0.452 e. The number of carbonyl (C=O) groups is 4. The topological polar surface area (TPSA) is 92.8 Å². The first-order valence-corrected chi connectivity index (χ1v) is 14.4. The normalized spacial score (nSPS) is 24.8. The molecule has 0 spiro atoms. The Morgan fingerprint density at radius 2 is 1.68 bits per heavy atom. The minimum Gasteiger partial charge on any atom is -0.452 e. The van der Waals surface area contributed by atoms with Crippen molar-refractivity contribution in [3.8, 4) is 0 Å². The lowest BCUT2D eigenvalue weighted by Gasteiger charge is -2.28. The molecule has 1 saturated heterocycles. The summed E-state index contributed by atoms with van der Waals surface area (Å²) in [6, 6.07) is 22.1.